The molecule has 0 radical (unpaired) electrons. The van der Waals surface area contributed by atoms with Crippen molar-refractivity contribution in [3.05, 3.63) is 53.1 Å². The van der Waals surface area contributed by atoms with Crippen molar-refractivity contribution in [2.24, 2.45) is 5.10 Å². The predicted molar refractivity (Wildman–Crippen MR) is 74.7 cm³/mol. The molecule has 2 heterocycles. The van der Waals surface area contributed by atoms with Gasteiger partial charge in [-0.15, -0.1) is 0 Å². The first-order chi connectivity index (χ1) is 9.59. The van der Waals surface area contributed by atoms with E-state index in [1.54, 1.807) is 32.2 Å². The van der Waals surface area contributed by atoms with E-state index in [2.05, 4.69) is 20.5 Å². The number of aryl methyl sites for hydroxylation is 1. The van der Waals surface area contributed by atoms with Crippen molar-refractivity contribution in [1.29, 1.82) is 0 Å². The Labute approximate surface area is 116 Å². The number of carbonyl (C=O) groups excluding carboxylic acids is 1. The maximum Gasteiger partial charge on any atom is 0.271 e. The summed E-state index contributed by atoms with van der Waals surface area (Å²) in [5.74, 6) is -0.194. The van der Waals surface area contributed by atoms with Crippen molar-refractivity contribution in [1.82, 2.24) is 15.4 Å². The third-order valence-electron chi connectivity index (χ3n) is 2.84. The zero-order chi connectivity index (χ0) is 14.5. The Kier molecular flexibility index (Phi) is 4.05. The molecule has 0 aliphatic rings. The summed E-state index contributed by atoms with van der Waals surface area (Å²) in [5, 5.41) is 13.6. The molecule has 6 heteroatoms. The van der Waals surface area contributed by atoms with Gasteiger partial charge in [0.2, 0.25) is 0 Å². The Balaban J connectivity index is 2.08. The van der Waals surface area contributed by atoms with E-state index in [4.69, 9.17) is 0 Å². The van der Waals surface area contributed by atoms with E-state index in [-0.39, 0.29) is 11.7 Å². The number of aromatic nitrogens is 2. The van der Waals surface area contributed by atoms with E-state index in [1.165, 1.54) is 18.6 Å². The maximum absolute atomic E-state index is 11.7. The fourth-order valence-corrected chi connectivity index (χ4v) is 1.59. The summed E-state index contributed by atoms with van der Waals surface area (Å²) in [7, 11) is 0. The molecular formula is C14H14N4O2. The second kappa shape index (κ2) is 5.92. The Bertz CT molecular complexity index is 654. The summed E-state index contributed by atoms with van der Waals surface area (Å²) in [6.07, 6.45) is 6.10. The fourth-order valence-electron chi connectivity index (χ4n) is 1.59. The molecule has 2 N–H and O–H groups in total. The van der Waals surface area contributed by atoms with Crippen LogP contribution in [0.3, 0.4) is 0 Å². The average Bonchev–Trinajstić information content (AvgIpc) is 2.48. The van der Waals surface area contributed by atoms with Gasteiger partial charge in [-0.1, -0.05) is 0 Å². The lowest BCUT2D eigenvalue weighted by Crippen LogP contribution is -2.17. The molecular weight excluding hydrogens is 256 g/mol. The molecule has 20 heavy (non-hydrogen) atoms. The molecule has 0 aliphatic carbocycles. The first-order valence-electron chi connectivity index (χ1n) is 5.98. The molecule has 0 unspecified atom stereocenters. The Morgan fingerprint density at radius 2 is 2.05 bits per heavy atom. The van der Waals surface area contributed by atoms with Crippen molar-refractivity contribution in [2.75, 3.05) is 0 Å². The summed E-state index contributed by atoms with van der Waals surface area (Å²) in [5.41, 5.74) is 4.74. The number of hydrogen-bond donors (Lipinski definition) is 2. The lowest BCUT2D eigenvalue weighted by atomic mass is 10.1. The van der Waals surface area contributed by atoms with E-state index >= 15 is 0 Å². The first-order valence-corrected chi connectivity index (χ1v) is 5.98. The number of nitrogens with zero attached hydrogens (tertiary/aromatic N) is 3. The molecule has 0 bridgehead atoms. The SMILES string of the molecule is Cc1ncc(/C=N/NC(=O)c2ccncc2)c(C)c1O. The Morgan fingerprint density at radius 3 is 2.75 bits per heavy atom. The zero-order valence-corrected chi connectivity index (χ0v) is 11.2. The van der Waals surface area contributed by atoms with Gasteiger partial charge >= 0.3 is 0 Å². The lowest BCUT2D eigenvalue weighted by molar-refractivity contribution is 0.0955. The number of rotatable bonds is 3. The molecule has 0 fully saturated rings. The molecule has 102 valence electrons. The van der Waals surface area contributed by atoms with Gasteiger partial charge in [0.05, 0.1) is 11.9 Å². The molecule has 0 spiro atoms. The normalized spacial score (nSPS) is 10.7. The number of amides is 1. The van der Waals surface area contributed by atoms with Crippen LogP contribution in [0.2, 0.25) is 0 Å². The average molecular weight is 270 g/mol. The Hall–Kier alpha value is -2.76. The standard InChI is InChI=1S/C14H14N4O2/c1-9-12(7-16-10(2)13(9)19)8-17-18-14(20)11-3-5-15-6-4-11/h3-8,19H,1-2H3,(H,18,20)/b17-8+. The summed E-state index contributed by atoms with van der Waals surface area (Å²) in [6.45, 7) is 3.48. The molecule has 6 nitrogen and oxygen atoms in total. The highest BCUT2D eigenvalue weighted by molar-refractivity contribution is 5.94. The molecule has 0 aliphatic heterocycles. The molecule has 0 atom stereocenters. The number of pyridine rings is 2. The van der Waals surface area contributed by atoms with Crippen LogP contribution in [0.4, 0.5) is 0 Å². The van der Waals surface area contributed by atoms with Gasteiger partial charge in [-0.05, 0) is 26.0 Å². The van der Waals surface area contributed by atoms with Crippen LogP contribution in [0.25, 0.3) is 0 Å². The minimum absolute atomic E-state index is 0.134. The molecule has 1 amide bonds. The molecule has 0 aromatic carbocycles. The van der Waals surface area contributed by atoms with Crippen LogP contribution in [0.5, 0.6) is 5.75 Å². The summed E-state index contributed by atoms with van der Waals surface area (Å²) >= 11 is 0. The fraction of sp³-hybridized carbons (Fsp3) is 0.143. The van der Waals surface area contributed by atoms with Gasteiger partial charge in [-0.25, -0.2) is 5.43 Å². The quantitative estimate of drug-likeness (QED) is 0.654. The summed E-state index contributed by atoms with van der Waals surface area (Å²) < 4.78 is 0. The lowest BCUT2D eigenvalue weighted by Gasteiger charge is -2.05. The van der Waals surface area contributed by atoms with Crippen molar-refractivity contribution in [3.63, 3.8) is 0 Å². The smallest absolute Gasteiger partial charge is 0.271 e. The topological polar surface area (TPSA) is 87.5 Å². The molecule has 2 aromatic heterocycles. The third-order valence-corrected chi connectivity index (χ3v) is 2.84. The van der Waals surface area contributed by atoms with Gasteiger partial charge < -0.3 is 5.11 Å². The van der Waals surface area contributed by atoms with Gasteiger partial charge in [0, 0.05) is 35.3 Å². The molecule has 2 aromatic rings. The highest BCUT2D eigenvalue weighted by Gasteiger charge is 2.06. The Morgan fingerprint density at radius 1 is 1.35 bits per heavy atom. The van der Waals surface area contributed by atoms with Gasteiger partial charge in [0.1, 0.15) is 5.75 Å². The number of aromatic hydroxyl groups is 1. The summed E-state index contributed by atoms with van der Waals surface area (Å²) in [4.78, 5) is 19.6. The predicted octanol–water partition coefficient (Wildman–Crippen LogP) is 1.56. The zero-order valence-electron chi connectivity index (χ0n) is 11.2. The largest absolute Gasteiger partial charge is 0.506 e. The minimum Gasteiger partial charge on any atom is -0.506 e. The maximum atomic E-state index is 11.7. The van der Waals surface area contributed by atoms with Gasteiger partial charge in [-0.3, -0.25) is 14.8 Å². The highest BCUT2D eigenvalue weighted by atomic mass is 16.3. The monoisotopic (exact) mass is 270 g/mol. The van der Waals surface area contributed by atoms with Crippen LogP contribution in [0.1, 0.15) is 27.2 Å². The van der Waals surface area contributed by atoms with E-state index in [0.717, 1.165) is 0 Å². The summed E-state index contributed by atoms with van der Waals surface area (Å²) in [6, 6.07) is 3.19. The number of carbonyl (C=O) groups is 1. The van der Waals surface area contributed by atoms with Crippen molar-refractivity contribution >= 4 is 12.1 Å². The number of hydrogen-bond acceptors (Lipinski definition) is 5. The van der Waals surface area contributed by atoms with Crippen LogP contribution < -0.4 is 5.43 Å². The van der Waals surface area contributed by atoms with E-state index in [0.29, 0.717) is 22.4 Å². The van der Waals surface area contributed by atoms with Crippen molar-refractivity contribution in [3.8, 4) is 5.75 Å². The van der Waals surface area contributed by atoms with E-state index in [1.807, 2.05) is 0 Å². The molecule has 0 saturated carbocycles. The van der Waals surface area contributed by atoms with Crippen LogP contribution in [-0.4, -0.2) is 27.2 Å². The van der Waals surface area contributed by atoms with E-state index in [9.17, 15) is 9.90 Å². The third kappa shape index (κ3) is 2.97. The minimum atomic E-state index is -0.328. The molecule has 2 rings (SSSR count). The van der Waals surface area contributed by atoms with Crippen LogP contribution in [-0.2, 0) is 0 Å². The van der Waals surface area contributed by atoms with E-state index < -0.39 is 0 Å². The second-order valence-electron chi connectivity index (χ2n) is 4.21. The first kappa shape index (κ1) is 13.7. The van der Waals surface area contributed by atoms with Crippen molar-refractivity contribution < 1.29 is 9.90 Å². The van der Waals surface area contributed by atoms with Gasteiger partial charge in [-0.2, -0.15) is 5.10 Å². The second-order valence-corrected chi connectivity index (χ2v) is 4.21. The van der Waals surface area contributed by atoms with Crippen molar-refractivity contribution in [2.45, 2.75) is 13.8 Å². The number of hydrazone groups is 1. The van der Waals surface area contributed by atoms with Crippen LogP contribution in [0, 0.1) is 13.8 Å². The number of nitrogens with one attached hydrogen (secondary N) is 1. The van der Waals surface area contributed by atoms with Gasteiger partial charge in [0.25, 0.3) is 5.91 Å². The highest BCUT2D eigenvalue weighted by Crippen LogP contribution is 2.20. The van der Waals surface area contributed by atoms with Crippen LogP contribution >= 0.6 is 0 Å². The van der Waals surface area contributed by atoms with Crippen LogP contribution in [0.15, 0.2) is 35.8 Å². The molecule has 0 saturated heterocycles. The van der Waals surface area contributed by atoms with Gasteiger partial charge in [0.15, 0.2) is 0 Å².